The summed E-state index contributed by atoms with van der Waals surface area (Å²) in [5, 5.41) is 14.4. The smallest absolute Gasteiger partial charge is 0.136 e. The van der Waals surface area contributed by atoms with E-state index in [1.807, 2.05) is 18.2 Å². The van der Waals surface area contributed by atoms with E-state index in [1.165, 1.54) is 11.1 Å². The lowest BCUT2D eigenvalue weighted by molar-refractivity contribution is 0.0192. The van der Waals surface area contributed by atoms with Gasteiger partial charge < -0.3 is 19.9 Å². The van der Waals surface area contributed by atoms with Gasteiger partial charge in [-0.1, -0.05) is 38.1 Å². The Morgan fingerprint density at radius 2 is 2.00 bits per heavy atom. The average molecular weight is 436 g/mol. The van der Waals surface area contributed by atoms with Crippen molar-refractivity contribution in [1.29, 1.82) is 0 Å². The molecule has 1 aliphatic carbocycles. The largest absolute Gasteiger partial charge is 0.496 e. The van der Waals surface area contributed by atoms with Crippen LogP contribution in [0.25, 0.3) is 11.1 Å². The minimum Gasteiger partial charge on any atom is -0.496 e. The van der Waals surface area contributed by atoms with E-state index in [4.69, 9.17) is 9.47 Å². The summed E-state index contributed by atoms with van der Waals surface area (Å²) in [4.78, 5) is 0. The quantitative estimate of drug-likeness (QED) is 0.504. The van der Waals surface area contributed by atoms with E-state index < -0.39 is 5.41 Å². The molecule has 4 heteroatoms. The Labute approximate surface area is 192 Å². The third-order valence-corrected chi connectivity index (χ3v) is 6.64. The van der Waals surface area contributed by atoms with Gasteiger partial charge in [0.25, 0.3) is 0 Å². The number of aliphatic hydroxyl groups excluding tert-OH is 1. The first-order valence-electron chi connectivity index (χ1n) is 11.8. The average Bonchev–Trinajstić information content (AvgIpc) is 2.76. The Morgan fingerprint density at radius 3 is 2.59 bits per heavy atom. The second kappa shape index (κ2) is 8.47. The van der Waals surface area contributed by atoms with Crippen LogP contribution in [0.4, 0.5) is 5.69 Å². The standard InChI is InChI=1S/C28H37NO3/c1-18(2)23-20(29-27(3,4)5)14-13-19-24-21(31-6)11-10-12-22(24)32-26(25(19)23)28(17-30)15-8-7-9-16-28/h8,10-15,18,26,29-30H,7,9,16-17H2,1-6H3. The maximum absolute atomic E-state index is 10.7. The molecule has 0 amide bonds. The zero-order valence-corrected chi connectivity index (χ0v) is 20.3. The van der Waals surface area contributed by atoms with E-state index >= 15 is 0 Å². The van der Waals surface area contributed by atoms with Gasteiger partial charge in [-0.15, -0.1) is 0 Å². The Hall–Kier alpha value is -2.46. The van der Waals surface area contributed by atoms with E-state index in [2.05, 4.69) is 64.2 Å². The van der Waals surface area contributed by atoms with Crippen LogP contribution in [0.15, 0.2) is 42.5 Å². The summed E-state index contributed by atoms with van der Waals surface area (Å²) in [6.07, 6.45) is 7.14. The van der Waals surface area contributed by atoms with Crippen molar-refractivity contribution in [3.8, 4) is 22.6 Å². The molecule has 0 bridgehead atoms. The highest BCUT2D eigenvalue weighted by atomic mass is 16.5. The molecule has 1 heterocycles. The van der Waals surface area contributed by atoms with Crippen LogP contribution in [0.3, 0.4) is 0 Å². The number of hydrogen-bond acceptors (Lipinski definition) is 4. The minimum atomic E-state index is -0.447. The second-order valence-corrected chi connectivity index (χ2v) is 10.5. The summed E-state index contributed by atoms with van der Waals surface area (Å²) >= 11 is 0. The highest BCUT2D eigenvalue weighted by Gasteiger charge is 2.45. The monoisotopic (exact) mass is 435 g/mol. The molecule has 172 valence electrons. The molecule has 2 N–H and O–H groups in total. The fourth-order valence-electron chi connectivity index (χ4n) is 5.29. The van der Waals surface area contributed by atoms with Crippen molar-refractivity contribution in [1.82, 2.24) is 0 Å². The van der Waals surface area contributed by atoms with Crippen LogP contribution >= 0.6 is 0 Å². The number of methoxy groups -OCH3 is 1. The van der Waals surface area contributed by atoms with Gasteiger partial charge >= 0.3 is 0 Å². The number of anilines is 1. The Morgan fingerprint density at radius 1 is 1.22 bits per heavy atom. The first-order valence-corrected chi connectivity index (χ1v) is 11.8. The molecule has 2 unspecified atom stereocenters. The lowest BCUT2D eigenvalue weighted by Gasteiger charge is -2.44. The number of rotatable bonds is 5. The van der Waals surface area contributed by atoms with Crippen molar-refractivity contribution in [3.05, 3.63) is 53.6 Å². The predicted octanol–water partition coefficient (Wildman–Crippen LogP) is 6.85. The maximum atomic E-state index is 10.7. The SMILES string of the molecule is COc1cccc2c1-c1ccc(NC(C)(C)C)c(C(C)C)c1C(C1(CO)C=CCCC1)O2. The van der Waals surface area contributed by atoms with Crippen LogP contribution in [0.5, 0.6) is 11.5 Å². The predicted molar refractivity (Wildman–Crippen MR) is 132 cm³/mol. The summed E-state index contributed by atoms with van der Waals surface area (Å²) in [7, 11) is 1.71. The molecule has 0 aromatic heterocycles. The van der Waals surface area contributed by atoms with Crippen LogP contribution in [0, 0.1) is 5.41 Å². The Bertz CT molecular complexity index is 1020. The number of aliphatic hydroxyl groups is 1. The van der Waals surface area contributed by atoms with E-state index in [-0.39, 0.29) is 24.2 Å². The molecule has 32 heavy (non-hydrogen) atoms. The van der Waals surface area contributed by atoms with Crippen molar-refractivity contribution in [2.75, 3.05) is 19.0 Å². The number of allylic oxidation sites excluding steroid dienone is 1. The van der Waals surface area contributed by atoms with Gasteiger partial charge in [-0.2, -0.15) is 0 Å². The van der Waals surface area contributed by atoms with Crippen molar-refractivity contribution in [2.24, 2.45) is 5.41 Å². The van der Waals surface area contributed by atoms with Crippen molar-refractivity contribution in [3.63, 3.8) is 0 Å². The number of hydrogen-bond donors (Lipinski definition) is 2. The summed E-state index contributed by atoms with van der Waals surface area (Å²) in [5.74, 6) is 1.91. The van der Waals surface area contributed by atoms with E-state index in [0.717, 1.165) is 47.6 Å². The number of nitrogens with one attached hydrogen (secondary N) is 1. The maximum Gasteiger partial charge on any atom is 0.136 e. The molecule has 2 atom stereocenters. The summed E-state index contributed by atoms with van der Waals surface area (Å²) in [6, 6.07) is 10.4. The molecule has 1 aliphatic heterocycles. The van der Waals surface area contributed by atoms with Crippen LogP contribution in [0.2, 0.25) is 0 Å². The van der Waals surface area contributed by atoms with E-state index in [0.29, 0.717) is 0 Å². The molecule has 0 saturated carbocycles. The van der Waals surface area contributed by atoms with Gasteiger partial charge in [-0.05, 0) is 75.3 Å². The number of ether oxygens (including phenoxy) is 2. The fraction of sp³-hybridized carbons (Fsp3) is 0.500. The summed E-state index contributed by atoms with van der Waals surface area (Å²) < 4.78 is 12.5. The van der Waals surface area contributed by atoms with Crippen molar-refractivity contribution < 1.29 is 14.6 Å². The second-order valence-electron chi connectivity index (χ2n) is 10.5. The molecular weight excluding hydrogens is 398 g/mol. The Kier molecular flexibility index (Phi) is 6.02. The van der Waals surface area contributed by atoms with Gasteiger partial charge in [0.15, 0.2) is 0 Å². The minimum absolute atomic E-state index is 0.0569. The summed E-state index contributed by atoms with van der Waals surface area (Å²) in [6.45, 7) is 11.1. The molecular formula is C28H37NO3. The molecule has 0 spiro atoms. The van der Waals surface area contributed by atoms with Crippen molar-refractivity contribution in [2.45, 2.75) is 71.4 Å². The number of fused-ring (bicyclic) bond motifs is 3. The topological polar surface area (TPSA) is 50.7 Å². The van der Waals surface area contributed by atoms with Crippen molar-refractivity contribution >= 4 is 5.69 Å². The molecule has 4 rings (SSSR count). The first kappa shape index (κ1) is 22.7. The zero-order chi connectivity index (χ0) is 23.1. The van der Waals surface area contributed by atoms with Gasteiger partial charge in [-0.25, -0.2) is 0 Å². The normalized spacial score (nSPS) is 22.2. The summed E-state index contributed by atoms with van der Waals surface area (Å²) in [5.41, 5.74) is 5.18. The molecule has 0 saturated heterocycles. The molecule has 4 nitrogen and oxygen atoms in total. The first-order chi connectivity index (χ1) is 15.2. The molecule has 2 aliphatic rings. The molecule has 0 fully saturated rings. The van der Waals surface area contributed by atoms with Crippen LogP contribution in [-0.4, -0.2) is 24.4 Å². The van der Waals surface area contributed by atoms with Gasteiger partial charge in [0, 0.05) is 16.8 Å². The van der Waals surface area contributed by atoms with Gasteiger partial charge in [0.05, 0.1) is 24.7 Å². The lowest BCUT2D eigenvalue weighted by Crippen LogP contribution is -2.38. The van der Waals surface area contributed by atoms with Crippen LogP contribution in [-0.2, 0) is 0 Å². The third-order valence-electron chi connectivity index (χ3n) is 6.64. The highest BCUT2D eigenvalue weighted by Crippen LogP contribution is 2.57. The van der Waals surface area contributed by atoms with E-state index in [9.17, 15) is 5.11 Å². The van der Waals surface area contributed by atoms with Gasteiger partial charge in [-0.3, -0.25) is 0 Å². The molecule has 2 aromatic rings. The van der Waals surface area contributed by atoms with Gasteiger partial charge in [0.1, 0.15) is 17.6 Å². The van der Waals surface area contributed by atoms with Gasteiger partial charge in [0.2, 0.25) is 0 Å². The van der Waals surface area contributed by atoms with Crippen LogP contribution < -0.4 is 14.8 Å². The molecule has 0 radical (unpaired) electrons. The van der Waals surface area contributed by atoms with Crippen LogP contribution in [0.1, 0.15) is 77.0 Å². The molecule has 2 aromatic carbocycles. The zero-order valence-electron chi connectivity index (χ0n) is 20.3. The fourth-order valence-corrected chi connectivity index (χ4v) is 5.29. The number of benzene rings is 2. The van der Waals surface area contributed by atoms with E-state index in [1.54, 1.807) is 7.11 Å². The lowest BCUT2D eigenvalue weighted by atomic mass is 9.69. The Balaban J connectivity index is 2.04. The third kappa shape index (κ3) is 3.90. The highest BCUT2D eigenvalue weighted by molar-refractivity contribution is 5.84.